The lowest BCUT2D eigenvalue weighted by molar-refractivity contribution is -0.274. The standard InChI is InChI=1S/C19H21F3N2O2S/c20-19(21,22)26-16-5-3-15(4-6-16)18(25)23-9-12-24-10-7-14(8-11-24)17-2-1-13-27-17/h1-6,13-14H,7-12H2,(H,23,25). The Morgan fingerprint density at radius 1 is 1.19 bits per heavy atom. The van der Waals surface area contributed by atoms with E-state index >= 15 is 0 Å². The molecule has 1 aliphatic heterocycles. The van der Waals surface area contributed by atoms with Gasteiger partial charge in [0.1, 0.15) is 5.75 Å². The number of rotatable bonds is 6. The summed E-state index contributed by atoms with van der Waals surface area (Å²) in [4.78, 5) is 15.9. The Balaban J connectivity index is 1.38. The molecule has 8 heteroatoms. The maximum atomic E-state index is 12.1. The Kier molecular flexibility index (Phi) is 6.38. The number of alkyl halides is 3. The van der Waals surface area contributed by atoms with E-state index < -0.39 is 6.36 Å². The minimum absolute atomic E-state index is 0.304. The fourth-order valence-electron chi connectivity index (χ4n) is 3.20. The first kappa shape index (κ1) is 19.7. The van der Waals surface area contributed by atoms with Crippen LogP contribution in [0.2, 0.25) is 0 Å². The zero-order valence-corrected chi connectivity index (χ0v) is 15.5. The van der Waals surface area contributed by atoms with Gasteiger partial charge in [-0.05, 0) is 67.6 Å². The maximum absolute atomic E-state index is 12.1. The molecule has 1 amide bonds. The van der Waals surface area contributed by atoms with Crippen molar-refractivity contribution < 1.29 is 22.7 Å². The van der Waals surface area contributed by atoms with Crippen LogP contribution in [0.1, 0.15) is 34.0 Å². The quantitative estimate of drug-likeness (QED) is 0.791. The van der Waals surface area contributed by atoms with Gasteiger partial charge in [0.2, 0.25) is 0 Å². The number of carbonyl (C=O) groups excluding carboxylic acids is 1. The van der Waals surface area contributed by atoms with Crippen molar-refractivity contribution in [3.05, 3.63) is 52.2 Å². The fraction of sp³-hybridized carbons (Fsp3) is 0.421. The molecule has 27 heavy (non-hydrogen) atoms. The largest absolute Gasteiger partial charge is 0.573 e. The third kappa shape index (κ3) is 5.97. The number of piperidine rings is 1. The Hall–Kier alpha value is -2.06. The first-order valence-corrected chi connectivity index (χ1v) is 9.68. The van der Waals surface area contributed by atoms with Crippen molar-refractivity contribution in [3.8, 4) is 5.75 Å². The van der Waals surface area contributed by atoms with Crippen molar-refractivity contribution in [1.82, 2.24) is 10.2 Å². The second-order valence-corrected chi connectivity index (χ2v) is 7.44. The van der Waals surface area contributed by atoms with E-state index in [1.54, 1.807) is 0 Å². The second kappa shape index (κ2) is 8.75. The van der Waals surface area contributed by atoms with Gasteiger partial charge in [-0.15, -0.1) is 24.5 Å². The molecule has 1 aliphatic rings. The fourth-order valence-corrected chi connectivity index (χ4v) is 4.10. The van der Waals surface area contributed by atoms with Crippen LogP contribution in [0.15, 0.2) is 41.8 Å². The highest BCUT2D eigenvalue weighted by Gasteiger charge is 2.31. The highest BCUT2D eigenvalue weighted by atomic mass is 32.1. The number of nitrogens with zero attached hydrogens (tertiary/aromatic N) is 1. The summed E-state index contributed by atoms with van der Waals surface area (Å²) < 4.78 is 40.2. The van der Waals surface area contributed by atoms with Gasteiger partial charge in [0, 0.05) is 23.5 Å². The third-order valence-corrected chi connectivity index (χ3v) is 5.63. The SMILES string of the molecule is O=C(NCCN1CCC(c2cccs2)CC1)c1ccc(OC(F)(F)F)cc1. The lowest BCUT2D eigenvalue weighted by Crippen LogP contribution is -2.39. The summed E-state index contributed by atoms with van der Waals surface area (Å²) in [6.07, 6.45) is -2.50. The van der Waals surface area contributed by atoms with Crippen LogP contribution in [-0.4, -0.2) is 43.3 Å². The van der Waals surface area contributed by atoms with Crippen LogP contribution in [0.25, 0.3) is 0 Å². The average molecular weight is 398 g/mol. The Bertz CT molecular complexity index is 724. The molecule has 0 bridgehead atoms. The van der Waals surface area contributed by atoms with Crippen LogP contribution in [0.4, 0.5) is 13.2 Å². The van der Waals surface area contributed by atoms with Gasteiger partial charge in [-0.25, -0.2) is 0 Å². The zero-order chi connectivity index (χ0) is 19.3. The second-order valence-electron chi connectivity index (χ2n) is 6.46. The molecule has 146 valence electrons. The third-order valence-electron chi connectivity index (χ3n) is 4.60. The molecule has 0 aliphatic carbocycles. The molecule has 1 fully saturated rings. The summed E-state index contributed by atoms with van der Waals surface area (Å²) >= 11 is 1.81. The summed E-state index contributed by atoms with van der Waals surface area (Å²) in [5.74, 6) is -0.0111. The molecule has 0 unspecified atom stereocenters. The number of thiophene rings is 1. The highest BCUT2D eigenvalue weighted by Crippen LogP contribution is 2.30. The molecule has 3 rings (SSSR count). The number of halogens is 3. The lowest BCUT2D eigenvalue weighted by atomic mass is 9.95. The molecular weight excluding hydrogens is 377 g/mol. The summed E-state index contributed by atoms with van der Waals surface area (Å²) in [6, 6.07) is 9.20. The summed E-state index contributed by atoms with van der Waals surface area (Å²) in [5, 5.41) is 4.92. The minimum atomic E-state index is -4.74. The van der Waals surface area contributed by atoms with Gasteiger partial charge in [-0.2, -0.15) is 0 Å². The molecule has 2 aromatic rings. The van der Waals surface area contributed by atoms with Crippen LogP contribution in [-0.2, 0) is 0 Å². The smallest absolute Gasteiger partial charge is 0.406 e. The first-order valence-electron chi connectivity index (χ1n) is 8.80. The predicted molar refractivity (Wildman–Crippen MR) is 98.2 cm³/mol. The van der Waals surface area contributed by atoms with Crippen molar-refractivity contribution in [2.24, 2.45) is 0 Å². The summed E-state index contributed by atoms with van der Waals surface area (Å²) in [6.45, 7) is 3.27. The monoisotopic (exact) mass is 398 g/mol. The van der Waals surface area contributed by atoms with Crippen molar-refractivity contribution in [1.29, 1.82) is 0 Å². The van der Waals surface area contributed by atoms with E-state index in [9.17, 15) is 18.0 Å². The van der Waals surface area contributed by atoms with Gasteiger partial charge in [-0.1, -0.05) is 6.07 Å². The normalized spacial score (nSPS) is 16.3. The van der Waals surface area contributed by atoms with Gasteiger partial charge < -0.3 is 15.0 Å². The van der Waals surface area contributed by atoms with E-state index in [1.807, 2.05) is 11.3 Å². The summed E-state index contributed by atoms with van der Waals surface area (Å²) in [7, 11) is 0. The number of amides is 1. The minimum Gasteiger partial charge on any atom is -0.406 e. The van der Waals surface area contributed by atoms with Crippen molar-refractivity contribution in [2.45, 2.75) is 25.1 Å². The zero-order valence-electron chi connectivity index (χ0n) is 14.7. The van der Waals surface area contributed by atoms with Gasteiger partial charge >= 0.3 is 6.36 Å². The predicted octanol–water partition coefficient (Wildman–Crippen LogP) is 4.26. The molecule has 1 aromatic carbocycles. The molecule has 0 saturated carbocycles. The Morgan fingerprint density at radius 3 is 2.48 bits per heavy atom. The van der Waals surface area contributed by atoms with Crippen molar-refractivity contribution >= 4 is 17.2 Å². The molecule has 2 heterocycles. The average Bonchev–Trinajstić information content (AvgIpc) is 3.16. The molecule has 0 radical (unpaired) electrons. The number of hydrogen-bond acceptors (Lipinski definition) is 4. The molecule has 1 N–H and O–H groups in total. The molecule has 1 aromatic heterocycles. The van der Waals surface area contributed by atoms with Gasteiger partial charge in [-0.3, -0.25) is 4.79 Å². The number of nitrogens with one attached hydrogen (secondary N) is 1. The van der Waals surface area contributed by atoms with Gasteiger partial charge in [0.15, 0.2) is 0 Å². The molecule has 1 saturated heterocycles. The van der Waals surface area contributed by atoms with E-state index in [4.69, 9.17) is 0 Å². The molecule has 0 atom stereocenters. The maximum Gasteiger partial charge on any atom is 0.573 e. The topological polar surface area (TPSA) is 41.6 Å². The number of hydrogen-bond donors (Lipinski definition) is 1. The highest BCUT2D eigenvalue weighted by molar-refractivity contribution is 7.10. The van der Waals surface area contributed by atoms with Crippen molar-refractivity contribution in [2.75, 3.05) is 26.2 Å². The van der Waals surface area contributed by atoms with E-state index in [1.165, 1.54) is 17.0 Å². The van der Waals surface area contributed by atoms with E-state index in [-0.39, 0.29) is 11.7 Å². The number of benzene rings is 1. The number of ether oxygens (including phenoxy) is 1. The van der Waals surface area contributed by atoms with Crippen LogP contribution in [0.5, 0.6) is 5.75 Å². The van der Waals surface area contributed by atoms with Gasteiger partial charge in [0.25, 0.3) is 5.91 Å². The number of carbonyl (C=O) groups is 1. The molecular formula is C19H21F3N2O2S. The Labute approximate surface area is 159 Å². The number of likely N-dealkylation sites (tertiary alicyclic amines) is 1. The van der Waals surface area contributed by atoms with Crippen LogP contribution in [0, 0.1) is 0 Å². The van der Waals surface area contributed by atoms with Crippen molar-refractivity contribution in [3.63, 3.8) is 0 Å². The van der Waals surface area contributed by atoms with Gasteiger partial charge in [0.05, 0.1) is 0 Å². The Morgan fingerprint density at radius 2 is 1.89 bits per heavy atom. The van der Waals surface area contributed by atoms with E-state index in [0.717, 1.165) is 44.6 Å². The van der Waals surface area contributed by atoms with Crippen LogP contribution in [0.3, 0.4) is 0 Å². The van der Waals surface area contributed by atoms with E-state index in [2.05, 4.69) is 32.5 Å². The van der Waals surface area contributed by atoms with Crippen LogP contribution < -0.4 is 10.1 Å². The lowest BCUT2D eigenvalue weighted by Gasteiger charge is -2.31. The summed E-state index contributed by atoms with van der Waals surface area (Å²) in [5.41, 5.74) is 0.306. The molecule has 0 spiro atoms. The first-order chi connectivity index (χ1) is 12.9. The van der Waals surface area contributed by atoms with E-state index in [0.29, 0.717) is 18.0 Å². The molecule has 4 nitrogen and oxygen atoms in total. The van der Waals surface area contributed by atoms with Crippen LogP contribution >= 0.6 is 11.3 Å².